The third-order valence-electron chi connectivity index (χ3n) is 2.68. The molecule has 0 aliphatic rings. The molecule has 15 heavy (non-hydrogen) atoms. The molecule has 0 radical (unpaired) electrons. The number of nitrogens with zero attached hydrogens (tertiary/aromatic N) is 2. The molecule has 0 atom stereocenters. The lowest BCUT2D eigenvalue weighted by Gasteiger charge is -2.03. The second kappa shape index (κ2) is 3.57. The topological polar surface area (TPSA) is 27.1 Å². The summed E-state index contributed by atoms with van der Waals surface area (Å²) in [5, 5.41) is 1.19. The molecule has 2 aromatic rings. The molecule has 0 spiro atoms. The zero-order chi connectivity index (χ0) is 11.0. The minimum Gasteiger partial charge on any atom is -0.495 e. The summed E-state index contributed by atoms with van der Waals surface area (Å²) >= 11 is 0. The molecule has 0 aromatic carbocycles. The summed E-state index contributed by atoms with van der Waals surface area (Å²) in [7, 11) is 3.69. The van der Waals surface area contributed by atoms with E-state index >= 15 is 0 Å². The van der Waals surface area contributed by atoms with Crippen molar-refractivity contribution in [2.45, 2.75) is 19.8 Å². The standard InChI is InChI=1S/C12H16N2O/c1-8(2)11-7-14(3)12-10(11)5-9(15-4)6-13-12/h5-8H,1-4H3. The van der Waals surface area contributed by atoms with E-state index in [0.717, 1.165) is 11.4 Å². The van der Waals surface area contributed by atoms with Crippen molar-refractivity contribution in [3.63, 3.8) is 0 Å². The van der Waals surface area contributed by atoms with Crippen LogP contribution < -0.4 is 4.74 Å². The first kappa shape index (κ1) is 10.0. The molecule has 0 unspecified atom stereocenters. The highest BCUT2D eigenvalue weighted by Gasteiger charge is 2.11. The smallest absolute Gasteiger partial charge is 0.140 e. The van der Waals surface area contributed by atoms with Gasteiger partial charge in [0.1, 0.15) is 11.4 Å². The van der Waals surface area contributed by atoms with E-state index in [1.807, 2.05) is 7.05 Å². The first-order valence-corrected chi connectivity index (χ1v) is 5.12. The molecular formula is C12H16N2O. The van der Waals surface area contributed by atoms with E-state index in [1.54, 1.807) is 13.3 Å². The predicted molar refractivity (Wildman–Crippen MR) is 61.4 cm³/mol. The third-order valence-corrected chi connectivity index (χ3v) is 2.68. The Morgan fingerprint density at radius 1 is 1.40 bits per heavy atom. The maximum atomic E-state index is 5.19. The van der Waals surface area contributed by atoms with Crippen LogP contribution in [0, 0.1) is 0 Å². The van der Waals surface area contributed by atoms with Crippen LogP contribution in [0.15, 0.2) is 18.5 Å². The van der Waals surface area contributed by atoms with E-state index in [1.165, 1.54) is 10.9 Å². The summed E-state index contributed by atoms with van der Waals surface area (Å²) in [6.45, 7) is 4.38. The fraction of sp³-hybridized carbons (Fsp3) is 0.417. The van der Waals surface area contributed by atoms with Gasteiger partial charge in [0.2, 0.25) is 0 Å². The van der Waals surface area contributed by atoms with Gasteiger partial charge in [0, 0.05) is 18.6 Å². The van der Waals surface area contributed by atoms with Crippen molar-refractivity contribution in [2.24, 2.45) is 7.05 Å². The van der Waals surface area contributed by atoms with Gasteiger partial charge < -0.3 is 9.30 Å². The molecular weight excluding hydrogens is 188 g/mol. The Hall–Kier alpha value is -1.51. The quantitative estimate of drug-likeness (QED) is 0.752. The van der Waals surface area contributed by atoms with Crippen molar-refractivity contribution < 1.29 is 4.74 Å². The second-order valence-corrected chi connectivity index (χ2v) is 4.10. The van der Waals surface area contributed by atoms with E-state index in [0.29, 0.717) is 5.92 Å². The van der Waals surface area contributed by atoms with Crippen LogP contribution in [0.3, 0.4) is 0 Å². The van der Waals surface area contributed by atoms with Crippen molar-refractivity contribution in [3.8, 4) is 5.75 Å². The summed E-state index contributed by atoms with van der Waals surface area (Å²) in [4.78, 5) is 4.39. The summed E-state index contributed by atoms with van der Waals surface area (Å²) in [6, 6.07) is 2.05. The SMILES string of the molecule is COc1cnc2c(c1)c(C(C)C)cn2C. The maximum Gasteiger partial charge on any atom is 0.140 e. The van der Waals surface area contributed by atoms with Crippen molar-refractivity contribution in [3.05, 3.63) is 24.0 Å². The summed E-state index contributed by atoms with van der Waals surface area (Å²) in [5.41, 5.74) is 2.33. The van der Waals surface area contributed by atoms with Gasteiger partial charge >= 0.3 is 0 Å². The molecule has 80 valence electrons. The second-order valence-electron chi connectivity index (χ2n) is 4.10. The lowest BCUT2D eigenvalue weighted by atomic mass is 10.0. The molecule has 0 amide bonds. The fourth-order valence-corrected chi connectivity index (χ4v) is 1.84. The number of rotatable bonds is 2. The number of pyridine rings is 1. The Morgan fingerprint density at radius 3 is 2.73 bits per heavy atom. The number of aromatic nitrogens is 2. The monoisotopic (exact) mass is 204 g/mol. The Labute approximate surface area is 89.7 Å². The number of ether oxygens (including phenoxy) is 1. The van der Waals surface area contributed by atoms with Gasteiger partial charge in [-0.2, -0.15) is 0 Å². The zero-order valence-electron chi connectivity index (χ0n) is 9.61. The number of hydrogen-bond acceptors (Lipinski definition) is 2. The van der Waals surface area contributed by atoms with E-state index < -0.39 is 0 Å². The van der Waals surface area contributed by atoms with E-state index in [-0.39, 0.29) is 0 Å². The highest BCUT2D eigenvalue weighted by molar-refractivity contribution is 5.82. The average molecular weight is 204 g/mol. The number of methoxy groups -OCH3 is 1. The summed E-state index contributed by atoms with van der Waals surface area (Å²) in [5.74, 6) is 1.32. The normalized spacial score (nSPS) is 11.3. The minimum atomic E-state index is 0.502. The molecule has 2 heterocycles. The molecule has 3 heteroatoms. The fourth-order valence-electron chi connectivity index (χ4n) is 1.84. The van der Waals surface area contributed by atoms with Crippen molar-refractivity contribution in [1.29, 1.82) is 0 Å². The molecule has 0 fully saturated rings. The maximum absolute atomic E-state index is 5.19. The minimum absolute atomic E-state index is 0.502. The molecule has 0 saturated heterocycles. The average Bonchev–Trinajstić information content (AvgIpc) is 2.56. The van der Waals surface area contributed by atoms with Crippen molar-refractivity contribution >= 4 is 11.0 Å². The molecule has 0 aliphatic heterocycles. The highest BCUT2D eigenvalue weighted by Crippen LogP contribution is 2.28. The largest absolute Gasteiger partial charge is 0.495 e. The summed E-state index contributed by atoms with van der Waals surface area (Å²) < 4.78 is 7.25. The molecule has 0 aliphatic carbocycles. The van der Waals surface area contributed by atoms with Crippen LogP contribution in [0.1, 0.15) is 25.3 Å². The van der Waals surface area contributed by atoms with Gasteiger partial charge in [-0.1, -0.05) is 13.8 Å². The number of fused-ring (bicyclic) bond motifs is 1. The van der Waals surface area contributed by atoms with Crippen LogP contribution in [0.4, 0.5) is 0 Å². The van der Waals surface area contributed by atoms with E-state index in [9.17, 15) is 0 Å². The van der Waals surface area contributed by atoms with Crippen LogP contribution in [0.25, 0.3) is 11.0 Å². The molecule has 0 bridgehead atoms. The van der Waals surface area contributed by atoms with Gasteiger partial charge in [0.05, 0.1) is 13.3 Å². The number of hydrogen-bond donors (Lipinski definition) is 0. The first-order valence-electron chi connectivity index (χ1n) is 5.12. The van der Waals surface area contributed by atoms with Crippen LogP contribution in [-0.2, 0) is 7.05 Å². The van der Waals surface area contributed by atoms with Crippen LogP contribution in [-0.4, -0.2) is 16.7 Å². The van der Waals surface area contributed by atoms with Crippen molar-refractivity contribution in [1.82, 2.24) is 9.55 Å². The van der Waals surface area contributed by atoms with Gasteiger partial charge in [-0.25, -0.2) is 4.98 Å². The van der Waals surface area contributed by atoms with Crippen LogP contribution in [0.2, 0.25) is 0 Å². The third kappa shape index (κ3) is 1.58. The Bertz CT molecular complexity index is 486. The van der Waals surface area contributed by atoms with Gasteiger partial charge in [0.25, 0.3) is 0 Å². The Kier molecular flexibility index (Phi) is 2.39. The predicted octanol–water partition coefficient (Wildman–Crippen LogP) is 2.71. The van der Waals surface area contributed by atoms with Gasteiger partial charge in [-0.15, -0.1) is 0 Å². The summed E-state index contributed by atoms with van der Waals surface area (Å²) in [6.07, 6.45) is 3.90. The van der Waals surface area contributed by atoms with Gasteiger partial charge in [-0.05, 0) is 17.5 Å². The van der Waals surface area contributed by atoms with E-state index in [4.69, 9.17) is 4.74 Å². The Balaban J connectivity index is 2.71. The molecule has 2 rings (SSSR count). The molecule has 3 nitrogen and oxygen atoms in total. The van der Waals surface area contributed by atoms with E-state index in [2.05, 4.69) is 35.7 Å². The Morgan fingerprint density at radius 2 is 2.13 bits per heavy atom. The lowest BCUT2D eigenvalue weighted by Crippen LogP contribution is -1.89. The number of aryl methyl sites for hydroxylation is 1. The van der Waals surface area contributed by atoms with Crippen LogP contribution >= 0.6 is 0 Å². The molecule has 0 N–H and O–H groups in total. The lowest BCUT2D eigenvalue weighted by molar-refractivity contribution is 0.413. The van der Waals surface area contributed by atoms with Gasteiger partial charge in [-0.3, -0.25) is 0 Å². The van der Waals surface area contributed by atoms with Gasteiger partial charge in [0.15, 0.2) is 0 Å². The molecule has 2 aromatic heterocycles. The van der Waals surface area contributed by atoms with Crippen molar-refractivity contribution in [2.75, 3.05) is 7.11 Å². The highest BCUT2D eigenvalue weighted by atomic mass is 16.5. The van der Waals surface area contributed by atoms with Crippen LogP contribution in [0.5, 0.6) is 5.75 Å². The molecule has 0 saturated carbocycles. The zero-order valence-corrected chi connectivity index (χ0v) is 9.61. The first-order chi connectivity index (χ1) is 7.13.